The number of nitrogens with one attached hydrogen (secondary N) is 1. The third kappa shape index (κ3) is 2.69. The molecule has 1 aromatic rings. The molecule has 1 aromatic carbocycles. The third-order valence-corrected chi connectivity index (χ3v) is 3.25. The van der Waals surface area contributed by atoms with Crippen molar-refractivity contribution in [3.05, 3.63) is 29.6 Å². The fraction of sp³-hybridized carbons (Fsp3) is 0.462. The van der Waals surface area contributed by atoms with Gasteiger partial charge in [-0.1, -0.05) is 12.1 Å². The van der Waals surface area contributed by atoms with E-state index in [1.54, 1.807) is 24.1 Å². The number of hydrogen-bond acceptors (Lipinski definition) is 4. The van der Waals surface area contributed by atoms with Crippen LogP contribution in [0.15, 0.2) is 18.2 Å². The SMILES string of the molecule is CNC(=O)C1COCCN1c1c(F)cccc1CN. The summed E-state index contributed by atoms with van der Waals surface area (Å²) in [5.74, 6) is -0.551. The van der Waals surface area contributed by atoms with Crippen LogP contribution in [-0.4, -0.2) is 38.8 Å². The Labute approximate surface area is 111 Å². The smallest absolute Gasteiger partial charge is 0.244 e. The quantitative estimate of drug-likeness (QED) is 0.823. The largest absolute Gasteiger partial charge is 0.377 e. The summed E-state index contributed by atoms with van der Waals surface area (Å²) in [4.78, 5) is 13.6. The summed E-state index contributed by atoms with van der Waals surface area (Å²) in [6.45, 7) is 1.40. The first-order valence-electron chi connectivity index (χ1n) is 6.22. The minimum Gasteiger partial charge on any atom is -0.377 e. The predicted octanol–water partition coefficient (Wildman–Crippen LogP) is 0.236. The Kier molecular flexibility index (Phi) is 4.34. The number of benzene rings is 1. The Balaban J connectivity index is 2.40. The van der Waals surface area contributed by atoms with Gasteiger partial charge in [-0.15, -0.1) is 0 Å². The minimum atomic E-state index is -0.527. The van der Waals surface area contributed by atoms with Crippen molar-refractivity contribution in [2.45, 2.75) is 12.6 Å². The fourth-order valence-corrected chi connectivity index (χ4v) is 2.30. The first-order valence-corrected chi connectivity index (χ1v) is 6.22. The molecule has 0 radical (unpaired) electrons. The maximum absolute atomic E-state index is 14.1. The van der Waals surface area contributed by atoms with Crippen LogP contribution in [0.4, 0.5) is 10.1 Å². The molecule has 5 nitrogen and oxygen atoms in total. The second-order valence-corrected chi connectivity index (χ2v) is 4.35. The van der Waals surface area contributed by atoms with Gasteiger partial charge in [0, 0.05) is 20.1 Å². The van der Waals surface area contributed by atoms with Crippen molar-refractivity contribution in [2.75, 3.05) is 31.7 Å². The molecule has 0 spiro atoms. The van der Waals surface area contributed by atoms with Crippen LogP contribution in [0, 0.1) is 5.82 Å². The number of morpholine rings is 1. The monoisotopic (exact) mass is 267 g/mol. The van der Waals surface area contributed by atoms with Gasteiger partial charge in [-0.3, -0.25) is 4.79 Å². The molecule has 1 saturated heterocycles. The van der Waals surface area contributed by atoms with E-state index in [1.807, 2.05) is 0 Å². The molecule has 0 aromatic heterocycles. The van der Waals surface area contributed by atoms with Crippen LogP contribution in [0.5, 0.6) is 0 Å². The van der Waals surface area contributed by atoms with Gasteiger partial charge in [0.25, 0.3) is 0 Å². The fourth-order valence-electron chi connectivity index (χ4n) is 2.30. The average molecular weight is 267 g/mol. The van der Waals surface area contributed by atoms with E-state index in [0.29, 0.717) is 24.4 Å². The molecule has 104 valence electrons. The van der Waals surface area contributed by atoms with Crippen molar-refractivity contribution in [3.8, 4) is 0 Å². The topological polar surface area (TPSA) is 67.6 Å². The minimum absolute atomic E-state index is 0.189. The number of nitrogens with two attached hydrogens (primary N) is 1. The molecule has 1 atom stereocenters. The number of para-hydroxylation sites is 1. The van der Waals surface area contributed by atoms with E-state index in [4.69, 9.17) is 10.5 Å². The lowest BCUT2D eigenvalue weighted by atomic mass is 10.1. The highest BCUT2D eigenvalue weighted by atomic mass is 19.1. The van der Waals surface area contributed by atoms with Gasteiger partial charge in [-0.05, 0) is 11.6 Å². The van der Waals surface area contributed by atoms with Crippen molar-refractivity contribution in [1.29, 1.82) is 0 Å². The number of nitrogens with zero attached hydrogens (tertiary/aromatic N) is 1. The molecule has 0 saturated carbocycles. The van der Waals surface area contributed by atoms with Crippen LogP contribution in [0.1, 0.15) is 5.56 Å². The molecule has 1 aliphatic rings. The van der Waals surface area contributed by atoms with Crippen LogP contribution in [0.3, 0.4) is 0 Å². The van der Waals surface area contributed by atoms with Gasteiger partial charge in [-0.25, -0.2) is 4.39 Å². The van der Waals surface area contributed by atoms with Crippen LogP contribution in [0.25, 0.3) is 0 Å². The van der Waals surface area contributed by atoms with E-state index in [1.165, 1.54) is 6.07 Å². The molecule has 1 amide bonds. The average Bonchev–Trinajstić information content (AvgIpc) is 2.46. The summed E-state index contributed by atoms with van der Waals surface area (Å²) in [6.07, 6.45) is 0. The molecule has 1 unspecified atom stereocenters. The van der Waals surface area contributed by atoms with Gasteiger partial charge in [0.2, 0.25) is 5.91 Å². The normalized spacial score (nSPS) is 19.3. The maximum atomic E-state index is 14.1. The zero-order valence-corrected chi connectivity index (χ0v) is 10.9. The second kappa shape index (κ2) is 5.99. The molecule has 3 N–H and O–H groups in total. The number of ether oxygens (including phenoxy) is 1. The standard InChI is InChI=1S/C13H18FN3O2/c1-16-13(18)11-8-19-6-5-17(11)12-9(7-15)3-2-4-10(12)14/h2-4,11H,5-8,15H2,1H3,(H,16,18). The van der Waals surface area contributed by atoms with Crippen molar-refractivity contribution < 1.29 is 13.9 Å². The summed E-state index contributed by atoms with van der Waals surface area (Å²) in [6, 6.07) is 4.25. The van der Waals surface area contributed by atoms with Crippen molar-refractivity contribution in [3.63, 3.8) is 0 Å². The molecule has 6 heteroatoms. The highest BCUT2D eigenvalue weighted by molar-refractivity contribution is 5.85. The van der Waals surface area contributed by atoms with Crippen LogP contribution in [0.2, 0.25) is 0 Å². The molecular weight excluding hydrogens is 249 g/mol. The molecular formula is C13H18FN3O2. The number of carbonyl (C=O) groups excluding carboxylic acids is 1. The van der Waals surface area contributed by atoms with Crippen molar-refractivity contribution in [1.82, 2.24) is 5.32 Å². The van der Waals surface area contributed by atoms with Crippen LogP contribution in [-0.2, 0) is 16.1 Å². The number of amides is 1. The van der Waals surface area contributed by atoms with Gasteiger partial charge >= 0.3 is 0 Å². The Morgan fingerprint density at radius 3 is 3.11 bits per heavy atom. The molecule has 0 aliphatic carbocycles. The van der Waals surface area contributed by atoms with Gasteiger partial charge in [0.15, 0.2) is 0 Å². The highest BCUT2D eigenvalue weighted by Gasteiger charge is 2.31. The molecule has 1 aliphatic heterocycles. The van der Waals surface area contributed by atoms with E-state index in [9.17, 15) is 9.18 Å². The van der Waals surface area contributed by atoms with Gasteiger partial charge in [0.05, 0.1) is 18.9 Å². The third-order valence-electron chi connectivity index (χ3n) is 3.25. The van der Waals surface area contributed by atoms with Crippen molar-refractivity contribution in [2.24, 2.45) is 5.73 Å². The van der Waals surface area contributed by atoms with E-state index in [2.05, 4.69) is 5.32 Å². The van der Waals surface area contributed by atoms with Crippen LogP contribution < -0.4 is 16.0 Å². The summed E-state index contributed by atoms with van der Waals surface area (Å²) >= 11 is 0. The van der Waals surface area contributed by atoms with E-state index >= 15 is 0 Å². The molecule has 1 fully saturated rings. The Bertz CT molecular complexity index is 467. The molecule has 2 rings (SSSR count). The second-order valence-electron chi connectivity index (χ2n) is 4.35. The molecule has 1 heterocycles. The summed E-state index contributed by atoms with van der Waals surface area (Å²) in [5, 5.41) is 2.58. The number of carbonyl (C=O) groups is 1. The summed E-state index contributed by atoms with van der Waals surface area (Å²) in [7, 11) is 1.56. The molecule has 0 bridgehead atoms. The number of likely N-dealkylation sites (N-methyl/N-ethyl adjacent to an activating group) is 1. The van der Waals surface area contributed by atoms with E-state index in [0.717, 1.165) is 0 Å². The van der Waals surface area contributed by atoms with Gasteiger partial charge < -0.3 is 20.7 Å². The predicted molar refractivity (Wildman–Crippen MR) is 70.3 cm³/mol. The number of halogens is 1. The zero-order valence-electron chi connectivity index (χ0n) is 10.9. The first kappa shape index (κ1) is 13.8. The number of hydrogen-bond donors (Lipinski definition) is 2. The zero-order chi connectivity index (χ0) is 13.8. The lowest BCUT2D eigenvalue weighted by Crippen LogP contribution is -2.54. The summed E-state index contributed by atoms with van der Waals surface area (Å²) < 4.78 is 19.4. The Morgan fingerprint density at radius 2 is 2.42 bits per heavy atom. The van der Waals surface area contributed by atoms with E-state index < -0.39 is 6.04 Å². The molecule has 19 heavy (non-hydrogen) atoms. The van der Waals surface area contributed by atoms with Gasteiger partial charge in [-0.2, -0.15) is 0 Å². The van der Waals surface area contributed by atoms with E-state index in [-0.39, 0.29) is 24.9 Å². The lowest BCUT2D eigenvalue weighted by Gasteiger charge is -2.37. The van der Waals surface area contributed by atoms with Crippen LogP contribution >= 0.6 is 0 Å². The van der Waals surface area contributed by atoms with Crippen molar-refractivity contribution >= 4 is 11.6 Å². The number of rotatable bonds is 3. The Morgan fingerprint density at radius 1 is 1.63 bits per heavy atom. The Hall–Kier alpha value is -1.66. The lowest BCUT2D eigenvalue weighted by molar-refractivity contribution is -0.124. The summed E-state index contributed by atoms with van der Waals surface area (Å²) in [5.41, 5.74) is 6.75. The highest BCUT2D eigenvalue weighted by Crippen LogP contribution is 2.27. The maximum Gasteiger partial charge on any atom is 0.244 e. The number of anilines is 1. The first-order chi connectivity index (χ1) is 9.19. The van der Waals surface area contributed by atoms with Gasteiger partial charge in [0.1, 0.15) is 11.9 Å².